The van der Waals surface area contributed by atoms with E-state index in [1.807, 2.05) is 6.92 Å². The zero-order valence-corrected chi connectivity index (χ0v) is 16.9. The number of hydrazine groups is 1. The molecule has 27 heavy (non-hydrogen) atoms. The third-order valence-corrected chi connectivity index (χ3v) is 5.39. The summed E-state index contributed by atoms with van der Waals surface area (Å²) in [7, 11) is 0. The number of amides is 2. The lowest BCUT2D eigenvalue weighted by molar-refractivity contribution is 0.0846. The van der Waals surface area contributed by atoms with E-state index in [9.17, 15) is 9.59 Å². The zero-order chi connectivity index (χ0) is 19.4. The fraction of sp³-hybridized carbons (Fsp3) is 0.167. The van der Waals surface area contributed by atoms with Gasteiger partial charge in [0.25, 0.3) is 11.8 Å². The molecule has 0 saturated carbocycles. The van der Waals surface area contributed by atoms with Crippen molar-refractivity contribution in [1.82, 2.24) is 16.0 Å². The lowest BCUT2D eigenvalue weighted by Crippen LogP contribution is -2.41. The summed E-state index contributed by atoms with van der Waals surface area (Å²) in [5.74, 6) is 0.188. The highest BCUT2D eigenvalue weighted by Crippen LogP contribution is 2.22. The van der Waals surface area contributed by atoms with Gasteiger partial charge in [-0.05, 0) is 54.0 Å². The molecule has 3 aromatic rings. The molecule has 0 aliphatic rings. The van der Waals surface area contributed by atoms with E-state index in [-0.39, 0.29) is 6.61 Å². The Balaban J connectivity index is 1.65. The number of carbonyl (C=O) groups is 2. The number of aryl methyl sites for hydroxylation is 2. The van der Waals surface area contributed by atoms with Crippen LogP contribution >= 0.6 is 27.3 Å². The van der Waals surface area contributed by atoms with E-state index in [0.717, 1.165) is 15.0 Å². The highest BCUT2D eigenvalue weighted by Gasteiger charge is 2.16. The van der Waals surface area contributed by atoms with Crippen molar-refractivity contribution in [1.29, 1.82) is 0 Å². The summed E-state index contributed by atoms with van der Waals surface area (Å²) in [5.41, 5.74) is 6.68. The van der Waals surface area contributed by atoms with Crippen molar-refractivity contribution in [2.45, 2.75) is 20.5 Å². The van der Waals surface area contributed by atoms with E-state index < -0.39 is 11.8 Å². The van der Waals surface area contributed by atoms with Crippen molar-refractivity contribution in [2.75, 3.05) is 0 Å². The van der Waals surface area contributed by atoms with E-state index in [2.05, 4.69) is 31.9 Å². The zero-order valence-electron chi connectivity index (χ0n) is 14.5. The first-order chi connectivity index (χ1) is 13.0. The monoisotopic (exact) mass is 449 g/mol. The van der Waals surface area contributed by atoms with Crippen molar-refractivity contribution in [3.63, 3.8) is 0 Å². The van der Waals surface area contributed by atoms with Gasteiger partial charge in [0.2, 0.25) is 0 Å². The number of aromatic nitrogens is 1. The van der Waals surface area contributed by atoms with Crippen LogP contribution in [0.5, 0.6) is 5.75 Å². The molecule has 140 valence electrons. The van der Waals surface area contributed by atoms with Crippen LogP contribution < -0.4 is 15.6 Å². The second-order valence-corrected chi connectivity index (χ2v) is 8.06. The topological polar surface area (TPSA) is 93.5 Å². The molecule has 2 heterocycles. The molecule has 0 fully saturated rings. The third kappa shape index (κ3) is 4.55. The van der Waals surface area contributed by atoms with E-state index in [0.29, 0.717) is 22.0 Å². The summed E-state index contributed by atoms with van der Waals surface area (Å²) in [4.78, 5) is 25.0. The number of nitrogens with zero attached hydrogens (tertiary/aromatic N) is 1. The molecule has 0 aliphatic carbocycles. The first-order valence-corrected chi connectivity index (χ1v) is 9.56. The van der Waals surface area contributed by atoms with Crippen LogP contribution in [0.4, 0.5) is 0 Å². The minimum absolute atomic E-state index is 0.223. The second-order valence-electron chi connectivity index (χ2n) is 5.60. The molecule has 2 N–H and O–H groups in total. The molecular weight excluding hydrogens is 434 g/mol. The molecule has 0 aliphatic heterocycles. The molecule has 0 radical (unpaired) electrons. The minimum atomic E-state index is -0.478. The molecule has 0 unspecified atom stereocenters. The molecule has 9 heteroatoms. The first-order valence-electron chi connectivity index (χ1n) is 7.95. The SMILES string of the molecule is Cc1noc(C)c1COc1ccccc1C(=O)NNC(=O)c1ccc(Br)s1. The molecule has 2 aromatic heterocycles. The van der Waals surface area contributed by atoms with Crippen LogP contribution in [0.2, 0.25) is 0 Å². The predicted molar refractivity (Wildman–Crippen MR) is 104 cm³/mol. The fourth-order valence-electron chi connectivity index (χ4n) is 2.32. The predicted octanol–water partition coefficient (Wildman–Crippen LogP) is 3.77. The molecule has 0 bridgehead atoms. The molecular formula is C18H16BrN3O4S. The van der Waals surface area contributed by atoms with Gasteiger partial charge >= 0.3 is 0 Å². The summed E-state index contributed by atoms with van der Waals surface area (Å²) < 4.78 is 11.7. The van der Waals surface area contributed by atoms with Crippen LogP contribution in [-0.2, 0) is 6.61 Å². The Morgan fingerprint density at radius 2 is 1.89 bits per heavy atom. The standard InChI is InChI=1S/C18H16BrN3O4S/c1-10-13(11(2)26-22-10)9-25-14-6-4-3-5-12(14)17(23)20-21-18(24)15-7-8-16(19)27-15/h3-8H,9H2,1-2H3,(H,20,23)(H,21,24). The lowest BCUT2D eigenvalue weighted by atomic mass is 10.2. The quantitative estimate of drug-likeness (QED) is 0.578. The lowest BCUT2D eigenvalue weighted by Gasteiger charge is -2.12. The number of benzene rings is 1. The average molecular weight is 450 g/mol. The maximum absolute atomic E-state index is 12.5. The van der Waals surface area contributed by atoms with E-state index in [1.165, 1.54) is 11.3 Å². The van der Waals surface area contributed by atoms with Gasteiger partial charge in [-0.1, -0.05) is 17.3 Å². The van der Waals surface area contributed by atoms with Crippen LogP contribution in [0, 0.1) is 13.8 Å². The number of carbonyl (C=O) groups excluding carboxylic acids is 2. The molecule has 0 atom stereocenters. The largest absolute Gasteiger partial charge is 0.488 e. The Labute approximate surface area is 167 Å². The fourth-order valence-corrected chi connectivity index (χ4v) is 3.60. The summed E-state index contributed by atoms with van der Waals surface area (Å²) in [6.07, 6.45) is 0. The Morgan fingerprint density at radius 1 is 1.15 bits per heavy atom. The Kier molecular flexibility index (Phi) is 5.92. The van der Waals surface area contributed by atoms with Crippen molar-refractivity contribution >= 4 is 39.1 Å². The van der Waals surface area contributed by atoms with E-state index in [4.69, 9.17) is 9.26 Å². The summed E-state index contributed by atoms with van der Waals surface area (Å²) in [6, 6.07) is 10.2. The highest BCUT2D eigenvalue weighted by molar-refractivity contribution is 9.11. The maximum atomic E-state index is 12.5. The van der Waals surface area contributed by atoms with Gasteiger partial charge in [-0.25, -0.2) is 0 Å². The number of ether oxygens (including phenoxy) is 1. The second kappa shape index (κ2) is 8.36. The van der Waals surface area contributed by atoms with E-state index >= 15 is 0 Å². The third-order valence-electron chi connectivity index (χ3n) is 3.77. The van der Waals surface area contributed by atoms with Gasteiger partial charge in [-0.2, -0.15) is 0 Å². The van der Waals surface area contributed by atoms with Crippen LogP contribution in [0.3, 0.4) is 0 Å². The van der Waals surface area contributed by atoms with Crippen molar-refractivity contribution in [3.05, 3.63) is 67.6 Å². The van der Waals surface area contributed by atoms with Gasteiger partial charge < -0.3 is 9.26 Å². The normalized spacial score (nSPS) is 10.5. The molecule has 0 spiro atoms. The van der Waals surface area contributed by atoms with Crippen LogP contribution in [-0.4, -0.2) is 17.0 Å². The van der Waals surface area contributed by atoms with Crippen LogP contribution in [0.25, 0.3) is 0 Å². The van der Waals surface area contributed by atoms with Crippen LogP contribution in [0.15, 0.2) is 44.7 Å². The van der Waals surface area contributed by atoms with Crippen LogP contribution in [0.1, 0.15) is 37.0 Å². The molecule has 3 rings (SSSR count). The average Bonchev–Trinajstić information content (AvgIpc) is 3.24. The number of hydrogen-bond acceptors (Lipinski definition) is 6. The Hall–Kier alpha value is -2.65. The number of para-hydroxylation sites is 1. The number of halogens is 1. The first kappa shape index (κ1) is 19.1. The van der Waals surface area contributed by atoms with Gasteiger partial charge in [-0.15, -0.1) is 11.3 Å². The van der Waals surface area contributed by atoms with Gasteiger partial charge in [0.15, 0.2) is 0 Å². The molecule has 7 nitrogen and oxygen atoms in total. The summed E-state index contributed by atoms with van der Waals surface area (Å²) in [5, 5.41) is 3.88. The van der Waals surface area contributed by atoms with Gasteiger partial charge in [-0.3, -0.25) is 20.4 Å². The maximum Gasteiger partial charge on any atom is 0.279 e. The van der Waals surface area contributed by atoms with Gasteiger partial charge in [0, 0.05) is 0 Å². The summed E-state index contributed by atoms with van der Waals surface area (Å²) >= 11 is 4.56. The van der Waals surface area contributed by atoms with Crippen molar-refractivity contribution in [2.24, 2.45) is 0 Å². The van der Waals surface area contributed by atoms with Crippen molar-refractivity contribution in [3.8, 4) is 5.75 Å². The number of nitrogens with one attached hydrogen (secondary N) is 2. The van der Waals surface area contributed by atoms with Gasteiger partial charge in [0.05, 0.1) is 25.5 Å². The van der Waals surface area contributed by atoms with Crippen molar-refractivity contribution < 1.29 is 18.8 Å². The smallest absolute Gasteiger partial charge is 0.279 e. The number of hydrogen-bond donors (Lipinski definition) is 2. The minimum Gasteiger partial charge on any atom is -0.488 e. The Bertz CT molecular complexity index is 963. The van der Waals surface area contributed by atoms with E-state index in [1.54, 1.807) is 43.3 Å². The Morgan fingerprint density at radius 3 is 2.56 bits per heavy atom. The molecule has 0 saturated heterocycles. The number of thiophene rings is 1. The summed E-state index contributed by atoms with van der Waals surface area (Å²) in [6.45, 7) is 3.85. The highest BCUT2D eigenvalue weighted by atomic mass is 79.9. The molecule has 2 amide bonds. The number of rotatable bonds is 5. The van der Waals surface area contributed by atoms with Gasteiger partial charge in [0.1, 0.15) is 18.1 Å². The molecule has 1 aromatic carbocycles.